The van der Waals surface area contributed by atoms with E-state index in [1.807, 2.05) is 0 Å². The molecule has 1 N–H and O–H groups in total. The minimum Gasteiger partial charge on any atom is -0.379 e. The average Bonchev–Trinajstić information content (AvgIpc) is 2.37. The summed E-state index contributed by atoms with van der Waals surface area (Å²) in [6.07, 6.45) is 0. The molecule has 0 aromatic heterocycles. The van der Waals surface area contributed by atoms with Gasteiger partial charge in [0.1, 0.15) is 0 Å². The molecule has 1 aromatic carbocycles. The van der Waals surface area contributed by atoms with Gasteiger partial charge in [0, 0.05) is 31.7 Å². The van der Waals surface area contributed by atoms with Crippen LogP contribution >= 0.6 is 0 Å². The van der Waals surface area contributed by atoms with Gasteiger partial charge in [-0.2, -0.15) is 0 Å². The Morgan fingerprint density at radius 2 is 1.84 bits per heavy atom. The van der Waals surface area contributed by atoms with E-state index in [-0.39, 0.29) is 5.54 Å². The first-order valence-corrected chi connectivity index (χ1v) is 7.16. The topological polar surface area (TPSA) is 24.5 Å². The first kappa shape index (κ1) is 14.5. The van der Waals surface area contributed by atoms with E-state index >= 15 is 0 Å². The van der Waals surface area contributed by atoms with Crippen molar-refractivity contribution in [3.63, 3.8) is 0 Å². The van der Waals surface area contributed by atoms with Crippen molar-refractivity contribution in [3.05, 3.63) is 35.4 Å². The monoisotopic (exact) mass is 262 g/mol. The highest BCUT2D eigenvalue weighted by molar-refractivity contribution is 5.23. The molecular weight excluding hydrogens is 236 g/mol. The minimum absolute atomic E-state index is 0.167. The van der Waals surface area contributed by atoms with Gasteiger partial charge in [-0.1, -0.05) is 24.3 Å². The van der Waals surface area contributed by atoms with Gasteiger partial charge in [-0.25, -0.2) is 0 Å². The lowest BCUT2D eigenvalue weighted by Crippen LogP contribution is -2.36. The van der Waals surface area contributed by atoms with Gasteiger partial charge in [0.15, 0.2) is 0 Å². The van der Waals surface area contributed by atoms with Crippen molar-refractivity contribution in [3.8, 4) is 0 Å². The number of ether oxygens (including phenoxy) is 1. The predicted octanol–water partition coefficient (Wildman–Crippen LogP) is 2.41. The molecule has 1 aromatic rings. The van der Waals surface area contributed by atoms with Crippen LogP contribution in [-0.2, 0) is 17.8 Å². The number of nitrogens with zero attached hydrogens (tertiary/aromatic N) is 1. The minimum atomic E-state index is 0.167. The van der Waals surface area contributed by atoms with Gasteiger partial charge in [0.2, 0.25) is 0 Å². The van der Waals surface area contributed by atoms with Crippen LogP contribution in [0.4, 0.5) is 0 Å². The fourth-order valence-corrected chi connectivity index (χ4v) is 2.22. The highest BCUT2D eigenvalue weighted by Gasteiger charge is 2.11. The lowest BCUT2D eigenvalue weighted by atomic mass is 10.1. The standard InChI is InChI=1S/C16H26N2O/c1-16(2,3)17-12-14-5-4-6-15(11-14)13-18-7-9-19-10-8-18/h4-6,11,17H,7-10,12-13H2,1-3H3. The van der Waals surface area contributed by atoms with Crippen molar-refractivity contribution in [1.82, 2.24) is 10.2 Å². The molecule has 1 saturated heterocycles. The molecule has 1 heterocycles. The van der Waals surface area contributed by atoms with Crippen LogP contribution in [0.25, 0.3) is 0 Å². The number of hydrogen-bond acceptors (Lipinski definition) is 3. The van der Waals surface area contributed by atoms with Crippen LogP contribution in [0.1, 0.15) is 31.9 Å². The van der Waals surface area contributed by atoms with Crippen LogP contribution in [0.2, 0.25) is 0 Å². The number of rotatable bonds is 4. The molecule has 0 unspecified atom stereocenters. The molecule has 1 aliphatic rings. The third-order valence-corrected chi connectivity index (χ3v) is 3.32. The van der Waals surface area contributed by atoms with Gasteiger partial charge in [0.05, 0.1) is 13.2 Å². The Morgan fingerprint density at radius 3 is 2.53 bits per heavy atom. The molecule has 0 aliphatic carbocycles. The van der Waals surface area contributed by atoms with E-state index in [0.29, 0.717) is 0 Å². The Morgan fingerprint density at radius 1 is 1.16 bits per heavy atom. The maximum Gasteiger partial charge on any atom is 0.0594 e. The van der Waals surface area contributed by atoms with Crippen LogP contribution in [-0.4, -0.2) is 36.7 Å². The maximum absolute atomic E-state index is 5.39. The van der Waals surface area contributed by atoms with Crippen molar-refractivity contribution < 1.29 is 4.74 Å². The SMILES string of the molecule is CC(C)(C)NCc1cccc(CN2CCOCC2)c1. The largest absolute Gasteiger partial charge is 0.379 e. The van der Waals surface area contributed by atoms with Crippen LogP contribution in [0.3, 0.4) is 0 Å². The van der Waals surface area contributed by atoms with Crippen molar-refractivity contribution in [2.24, 2.45) is 0 Å². The molecule has 106 valence electrons. The van der Waals surface area contributed by atoms with Crippen LogP contribution in [0.15, 0.2) is 24.3 Å². The fourth-order valence-electron chi connectivity index (χ4n) is 2.22. The van der Waals surface area contributed by atoms with Gasteiger partial charge in [0.25, 0.3) is 0 Å². The van der Waals surface area contributed by atoms with Crippen molar-refractivity contribution >= 4 is 0 Å². The molecule has 0 spiro atoms. The summed E-state index contributed by atoms with van der Waals surface area (Å²) in [5.74, 6) is 0. The van der Waals surface area contributed by atoms with E-state index in [2.05, 4.69) is 55.3 Å². The van der Waals surface area contributed by atoms with E-state index in [4.69, 9.17) is 4.74 Å². The summed E-state index contributed by atoms with van der Waals surface area (Å²) in [6.45, 7) is 12.4. The fraction of sp³-hybridized carbons (Fsp3) is 0.625. The van der Waals surface area contributed by atoms with E-state index in [9.17, 15) is 0 Å². The van der Waals surface area contributed by atoms with Crippen LogP contribution < -0.4 is 5.32 Å². The summed E-state index contributed by atoms with van der Waals surface area (Å²) in [4.78, 5) is 2.46. The van der Waals surface area contributed by atoms with Crippen molar-refractivity contribution in [1.29, 1.82) is 0 Å². The number of hydrogen-bond donors (Lipinski definition) is 1. The van der Waals surface area contributed by atoms with E-state index in [0.717, 1.165) is 39.4 Å². The summed E-state index contributed by atoms with van der Waals surface area (Å²) in [5.41, 5.74) is 2.93. The Kier molecular flexibility index (Phi) is 4.97. The molecule has 1 fully saturated rings. The van der Waals surface area contributed by atoms with E-state index in [1.54, 1.807) is 0 Å². The zero-order valence-electron chi connectivity index (χ0n) is 12.4. The van der Waals surface area contributed by atoms with Crippen LogP contribution in [0, 0.1) is 0 Å². The Balaban J connectivity index is 1.90. The lowest BCUT2D eigenvalue weighted by molar-refractivity contribution is 0.0342. The van der Waals surface area contributed by atoms with Crippen LogP contribution in [0.5, 0.6) is 0 Å². The quantitative estimate of drug-likeness (QED) is 0.902. The first-order valence-electron chi connectivity index (χ1n) is 7.16. The molecule has 0 radical (unpaired) electrons. The molecule has 1 aliphatic heterocycles. The normalized spacial score (nSPS) is 17.6. The predicted molar refractivity (Wildman–Crippen MR) is 79.1 cm³/mol. The number of nitrogens with one attached hydrogen (secondary N) is 1. The molecule has 0 bridgehead atoms. The third kappa shape index (κ3) is 5.31. The van der Waals surface area contributed by atoms with E-state index in [1.165, 1.54) is 11.1 Å². The van der Waals surface area contributed by atoms with E-state index < -0.39 is 0 Å². The second kappa shape index (κ2) is 6.51. The number of morpholine rings is 1. The van der Waals surface area contributed by atoms with Crippen molar-refractivity contribution in [2.75, 3.05) is 26.3 Å². The second-order valence-electron chi connectivity index (χ2n) is 6.31. The average molecular weight is 262 g/mol. The van der Waals surface area contributed by atoms with Gasteiger partial charge >= 0.3 is 0 Å². The molecule has 0 atom stereocenters. The zero-order chi connectivity index (χ0) is 13.7. The molecule has 0 amide bonds. The summed E-state index contributed by atoms with van der Waals surface area (Å²) in [7, 11) is 0. The highest BCUT2D eigenvalue weighted by atomic mass is 16.5. The Labute approximate surface area is 116 Å². The molecular formula is C16H26N2O. The Hall–Kier alpha value is -0.900. The molecule has 19 heavy (non-hydrogen) atoms. The Bertz CT molecular complexity index is 392. The molecule has 3 nitrogen and oxygen atoms in total. The highest BCUT2D eigenvalue weighted by Crippen LogP contribution is 2.11. The number of benzene rings is 1. The summed E-state index contributed by atoms with van der Waals surface area (Å²) < 4.78 is 5.39. The summed E-state index contributed by atoms with van der Waals surface area (Å²) >= 11 is 0. The van der Waals surface area contributed by atoms with Gasteiger partial charge in [-0.15, -0.1) is 0 Å². The van der Waals surface area contributed by atoms with Crippen molar-refractivity contribution in [2.45, 2.75) is 39.4 Å². The second-order valence-corrected chi connectivity index (χ2v) is 6.31. The molecule has 2 rings (SSSR count). The lowest BCUT2D eigenvalue weighted by Gasteiger charge is -2.27. The molecule has 0 saturated carbocycles. The molecule has 3 heteroatoms. The van der Waals surface area contributed by atoms with Gasteiger partial charge < -0.3 is 10.1 Å². The van der Waals surface area contributed by atoms with Gasteiger partial charge in [-0.05, 0) is 31.9 Å². The smallest absolute Gasteiger partial charge is 0.0594 e. The first-order chi connectivity index (χ1) is 9.03. The maximum atomic E-state index is 5.39. The third-order valence-electron chi connectivity index (χ3n) is 3.32. The summed E-state index contributed by atoms with van der Waals surface area (Å²) in [5, 5.41) is 3.54. The summed E-state index contributed by atoms with van der Waals surface area (Å²) in [6, 6.07) is 8.89. The van der Waals surface area contributed by atoms with Gasteiger partial charge in [-0.3, -0.25) is 4.90 Å². The zero-order valence-corrected chi connectivity index (χ0v) is 12.4.